The van der Waals surface area contributed by atoms with Gasteiger partial charge in [-0.2, -0.15) is 0 Å². The van der Waals surface area contributed by atoms with Gasteiger partial charge in [0.2, 0.25) is 0 Å². The van der Waals surface area contributed by atoms with Gasteiger partial charge in [0.25, 0.3) is 0 Å². The van der Waals surface area contributed by atoms with Crippen LogP contribution in [-0.2, 0) is 9.53 Å². The zero-order valence-electron chi connectivity index (χ0n) is 12.0. The number of esters is 1. The fraction of sp³-hybridized carbons (Fsp3) is 0.929. The standard InChI is InChI=1S/C14H27NO2/c1-6-17-12(16)11-14(15(4)5)9-7-13(2,3)8-10-14/h6-11H2,1-5H3. The molecule has 0 aliphatic heterocycles. The highest BCUT2D eigenvalue weighted by Crippen LogP contribution is 2.43. The van der Waals surface area contributed by atoms with Crippen molar-refractivity contribution in [1.29, 1.82) is 0 Å². The van der Waals surface area contributed by atoms with E-state index in [0.29, 0.717) is 18.4 Å². The number of nitrogens with zero attached hydrogens (tertiary/aromatic N) is 1. The fourth-order valence-corrected chi connectivity index (χ4v) is 2.65. The minimum absolute atomic E-state index is 0.0156. The molecule has 0 radical (unpaired) electrons. The molecule has 1 aliphatic carbocycles. The van der Waals surface area contributed by atoms with Crippen LogP contribution >= 0.6 is 0 Å². The number of rotatable bonds is 4. The highest BCUT2D eigenvalue weighted by molar-refractivity contribution is 5.71. The zero-order valence-corrected chi connectivity index (χ0v) is 12.0. The van der Waals surface area contributed by atoms with Gasteiger partial charge >= 0.3 is 5.97 Å². The molecule has 0 saturated heterocycles. The Kier molecular flexibility index (Phi) is 4.59. The summed E-state index contributed by atoms with van der Waals surface area (Å²) in [7, 11) is 4.16. The van der Waals surface area contributed by atoms with Crippen molar-refractivity contribution in [3.63, 3.8) is 0 Å². The van der Waals surface area contributed by atoms with Crippen molar-refractivity contribution in [1.82, 2.24) is 4.90 Å². The molecule has 0 bridgehead atoms. The maximum absolute atomic E-state index is 11.7. The molecule has 0 amide bonds. The maximum Gasteiger partial charge on any atom is 0.307 e. The summed E-state index contributed by atoms with van der Waals surface area (Å²) >= 11 is 0. The quantitative estimate of drug-likeness (QED) is 0.709. The molecule has 1 aliphatic rings. The first-order chi connectivity index (χ1) is 7.81. The van der Waals surface area contributed by atoms with Crippen LogP contribution in [0.25, 0.3) is 0 Å². The van der Waals surface area contributed by atoms with Gasteiger partial charge in [0, 0.05) is 5.54 Å². The summed E-state index contributed by atoms with van der Waals surface area (Å²) in [6, 6.07) is 0. The molecule has 100 valence electrons. The Bertz CT molecular complexity index is 261. The predicted octanol–water partition coefficient (Wildman–Crippen LogP) is 2.84. The second-order valence-electron chi connectivity index (χ2n) is 6.26. The van der Waals surface area contributed by atoms with Gasteiger partial charge in [-0.15, -0.1) is 0 Å². The Labute approximate surface area is 106 Å². The second-order valence-corrected chi connectivity index (χ2v) is 6.26. The molecule has 0 unspecified atom stereocenters. The van der Waals surface area contributed by atoms with Gasteiger partial charge in [-0.05, 0) is 52.1 Å². The summed E-state index contributed by atoms with van der Waals surface area (Å²) < 4.78 is 5.11. The third-order valence-corrected chi connectivity index (χ3v) is 4.26. The van der Waals surface area contributed by atoms with Crippen molar-refractivity contribution < 1.29 is 9.53 Å². The van der Waals surface area contributed by atoms with Gasteiger partial charge in [0.05, 0.1) is 13.0 Å². The molecular weight excluding hydrogens is 214 g/mol. The van der Waals surface area contributed by atoms with Crippen molar-refractivity contribution in [3.05, 3.63) is 0 Å². The average molecular weight is 241 g/mol. The molecule has 0 atom stereocenters. The van der Waals surface area contributed by atoms with E-state index in [2.05, 4.69) is 32.8 Å². The summed E-state index contributed by atoms with van der Waals surface area (Å²) in [6.45, 7) is 6.98. The topological polar surface area (TPSA) is 29.5 Å². The van der Waals surface area contributed by atoms with Crippen LogP contribution in [0.4, 0.5) is 0 Å². The molecule has 0 aromatic rings. The van der Waals surface area contributed by atoms with E-state index in [9.17, 15) is 4.79 Å². The lowest BCUT2D eigenvalue weighted by atomic mass is 9.68. The third kappa shape index (κ3) is 3.70. The predicted molar refractivity (Wildman–Crippen MR) is 69.9 cm³/mol. The molecule has 3 nitrogen and oxygen atoms in total. The van der Waals surface area contributed by atoms with Crippen molar-refractivity contribution >= 4 is 5.97 Å². The summed E-state index contributed by atoms with van der Waals surface area (Å²) in [5.74, 6) is -0.0547. The fourth-order valence-electron chi connectivity index (χ4n) is 2.65. The summed E-state index contributed by atoms with van der Waals surface area (Å²) in [5.41, 5.74) is 0.440. The zero-order chi connectivity index (χ0) is 13.1. The first kappa shape index (κ1) is 14.5. The van der Waals surface area contributed by atoms with Crippen LogP contribution in [0.5, 0.6) is 0 Å². The molecule has 3 heteroatoms. The van der Waals surface area contributed by atoms with Crippen molar-refractivity contribution in [2.45, 2.75) is 58.4 Å². The van der Waals surface area contributed by atoms with Crippen molar-refractivity contribution in [2.24, 2.45) is 5.41 Å². The highest BCUT2D eigenvalue weighted by atomic mass is 16.5. The minimum Gasteiger partial charge on any atom is -0.466 e. The lowest BCUT2D eigenvalue weighted by molar-refractivity contribution is -0.147. The average Bonchev–Trinajstić information content (AvgIpc) is 2.21. The first-order valence-corrected chi connectivity index (χ1v) is 6.64. The van der Waals surface area contributed by atoms with Crippen LogP contribution in [-0.4, -0.2) is 37.1 Å². The third-order valence-electron chi connectivity index (χ3n) is 4.26. The minimum atomic E-state index is -0.0547. The summed E-state index contributed by atoms with van der Waals surface area (Å²) in [4.78, 5) is 14.0. The summed E-state index contributed by atoms with van der Waals surface area (Å²) in [5, 5.41) is 0. The lowest BCUT2D eigenvalue weighted by Crippen LogP contribution is -2.49. The molecule has 17 heavy (non-hydrogen) atoms. The van der Waals surface area contributed by atoms with E-state index in [-0.39, 0.29) is 11.5 Å². The SMILES string of the molecule is CCOC(=O)CC1(N(C)C)CCC(C)(C)CC1. The van der Waals surface area contributed by atoms with E-state index in [1.165, 1.54) is 12.8 Å². The van der Waals surface area contributed by atoms with Crippen molar-refractivity contribution in [2.75, 3.05) is 20.7 Å². The van der Waals surface area contributed by atoms with E-state index in [1.807, 2.05) is 6.92 Å². The van der Waals surface area contributed by atoms with Crippen LogP contribution < -0.4 is 0 Å². The smallest absolute Gasteiger partial charge is 0.307 e. The maximum atomic E-state index is 11.7. The van der Waals surface area contributed by atoms with E-state index >= 15 is 0 Å². The molecule has 1 saturated carbocycles. The van der Waals surface area contributed by atoms with Crippen molar-refractivity contribution in [3.8, 4) is 0 Å². The molecule has 0 aromatic heterocycles. The molecule has 1 rings (SSSR count). The molecule has 1 fully saturated rings. The Morgan fingerprint density at radius 2 is 1.71 bits per heavy atom. The molecular formula is C14H27NO2. The van der Waals surface area contributed by atoms with Gasteiger partial charge in [0.15, 0.2) is 0 Å². The molecule has 0 N–H and O–H groups in total. The Balaban J connectivity index is 2.68. The van der Waals surface area contributed by atoms with E-state index in [1.54, 1.807) is 0 Å². The molecule has 0 spiro atoms. The van der Waals surface area contributed by atoms with Crippen LogP contribution in [0.2, 0.25) is 0 Å². The van der Waals surface area contributed by atoms with Crippen LogP contribution in [0.1, 0.15) is 52.9 Å². The lowest BCUT2D eigenvalue weighted by Gasteiger charge is -2.47. The van der Waals surface area contributed by atoms with Crippen LogP contribution in [0.3, 0.4) is 0 Å². The number of carbonyl (C=O) groups excluding carboxylic acids is 1. The Morgan fingerprint density at radius 3 is 2.12 bits per heavy atom. The monoisotopic (exact) mass is 241 g/mol. The van der Waals surface area contributed by atoms with E-state index < -0.39 is 0 Å². The first-order valence-electron chi connectivity index (χ1n) is 6.64. The largest absolute Gasteiger partial charge is 0.466 e. The van der Waals surface area contributed by atoms with E-state index in [0.717, 1.165) is 12.8 Å². The second kappa shape index (κ2) is 5.38. The Hall–Kier alpha value is -0.570. The molecule has 0 aromatic carbocycles. The number of hydrogen-bond donors (Lipinski definition) is 0. The van der Waals surface area contributed by atoms with E-state index in [4.69, 9.17) is 4.74 Å². The van der Waals surface area contributed by atoms with Gasteiger partial charge < -0.3 is 9.64 Å². The Morgan fingerprint density at radius 1 is 1.18 bits per heavy atom. The van der Waals surface area contributed by atoms with Gasteiger partial charge in [-0.25, -0.2) is 0 Å². The van der Waals surface area contributed by atoms with Crippen LogP contribution in [0, 0.1) is 5.41 Å². The number of ether oxygens (including phenoxy) is 1. The highest BCUT2D eigenvalue weighted by Gasteiger charge is 2.41. The van der Waals surface area contributed by atoms with Gasteiger partial charge in [-0.3, -0.25) is 4.79 Å². The van der Waals surface area contributed by atoms with Crippen LogP contribution in [0.15, 0.2) is 0 Å². The number of hydrogen-bond acceptors (Lipinski definition) is 3. The van der Waals surface area contributed by atoms with Gasteiger partial charge in [0.1, 0.15) is 0 Å². The normalized spacial score (nSPS) is 22.5. The molecule has 0 heterocycles. The van der Waals surface area contributed by atoms with Gasteiger partial charge in [-0.1, -0.05) is 13.8 Å². The number of carbonyl (C=O) groups is 1. The summed E-state index contributed by atoms with van der Waals surface area (Å²) in [6.07, 6.45) is 5.08.